The van der Waals surface area contributed by atoms with Gasteiger partial charge in [-0.05, 0) is 18.2 Å². The Hall–Kier alpha value is -1.43. The molecule has 142 valence electrons. The summed E-state index contributed by atoms with van der Waals surface area (Å²) < 4.78 is 84.4. The summed E-state index contributed by atoms with van der Waals surface area (Å²) in [5.74, 6) is -1.08. The first-order chi connectivity index (χ1) is 11.6. The van der Waals surface area contributed by atoms with Crippen LogP contribution in [-0.2, 0) is 10.0 Å². The van der Waals surface area contributed by atoms with E-state index in [1.54, 1.807) is 0 Å². The number of hydrogen-bond acceptors (Lipinski definition) is 5. The minimum Gasteiger partial charge on any atom is -0.494 e. The molecule has 1 aliphatic heterocycles. The average molecular weight is 385 g/mol. The van der Waals surface area contributed by atoms with Crippen molar-refractivity contribution in [1.82, 2.24) is 14.9 Å². The van der Waals surface area contributed by atoms with Gasteiger partial charge in [0, 0.05) is 32.7 Å². The third-order valence-electron chi connectivity index (χ3n) is 3.87. The molecule has 2 N–H and O–H groups in total. The summed E-state index contributed by atoms with van der Waals surface area (Å²) >= 11 is 0. The van der Waals surface area contributed by atoms with Gasteiger partial charge in [0.15, 0.2) is 11.6 Å². The topological polar surface area (TPSA) is 70.7 Å². The van der Waals surface area contributed by atoms with Crippen LogP contribution in [0.5, 0.6) is 5.75 Å². The van der Waals surface area contributed by atoms with E-state index in [1.807, 2.05) is 4.72 Å². The first-order valence-electron chi connectivity index (χ1n) is 7.50. The van der Waals surface area contributed by atoms with Gasteiger partial charge >= 0.3 is 6.18 Å². The highest BCUT2D eigenvalue weighted by atomic mass is 32.2. The van der Waals surface area contributed by atoms with E-state index in [0.29, 0.717) is 19.2 Å². The highest BCUT2D eigenvalue weighted by molar-refractivity contribution is 7.89. The molecule has 0 bridgehead atoms. The molecule has 1 heterocycles. The lowest BCUT2D eigenvalue weighted by molar-refractivity contribution is -0.182. The maximum Gasteiger partial charge on any atom is 0.405 e. The van der Waals surface area contributed by atoms with Gasteiger partial charge in [0.2, 0.25) is 10.0 Å². The fourth-order valence-electron chi connectivity index (χ4n) is 2.53. The zero-order valence-corrected chi connectivity index (χ0v) is 14.3. The number of benzene rings is 1. The Labute approximate surface area is 143 Å². The normalized spacial score (nSPS) is 18.1. The van der Waals surface area contributed by atoms with E-state index < -0.39 is 39.5 Å². The number of alkyl halides is 3. The molecular formula is C14H19F4N3O3S. The van der Waals surface area contributed by atoms with E-state index in [2.05, 4.69) is 10.1 Å². The number of hydrogen-bond donors (Lipinski definition) is 2. The van der Waals surface area contributed by atoms with Gasteiger partial charge in [-0.2, -0.15) is 13.2 Å². The number of halogens is 4. The minimum absolute atomic E-state index is 0.156. The second-order valence-electron chi connectivity index (χ2n) is 5.49. The standard InChI is InChI=1S/C14H19F4N3O3S/c1-24-12-3-2-10(8-11(12)15)25(22,23)20-9-13(14(16,17)18)21-6-4-19-5-7-21/h2-3,8,13,19-20H,4-7,9H2,1H3. The van der Waals surface area contributed by atoms with Gasteiger partial charge in [-0.1, -0.05) is 0 Å². The molecule has 1 aromatic carbocycles. The fraction of sp³-hybridized carbons (Fsp3) is 0.571. The van der Waals surface area contributed by atoms with Crippen LogP contribution in [0.2, 0.25) is 0 Å². The highest BCUT2D eigenvalue weighted by Gasteiger charge is 2.44. The van der Waals surface area contributed by atoms with Crippen LogP contribution in [0.4, 0.5) is 17.6 Å². The number of nitrogens with zero attached hydrogens (tertiary/aromatic N) is 1. The van der Waals surface area contributed by atoms with Crippen molar-refractivity contribution in [1.29, 1.82) is 0 Å². The number of rotatable bonds is 6. The van der Waals surface area contributed by atoms with Crippen molar-refractivity contribution in [2.45, 2.75) is 17.1 Å². The maximum absolute atomic E-state index is 13.6. The summed E-state index contributed by atoms with van der Waals surface area (Å²) in [7, 11) is -3.08. The summed E-state index contributed by atoms with van der Waals surface area (Å²) in [6, 6.07) is 0.917. The SMILES string of the molecule is COc1ccc(S(=O)(=O)NCC(N2CCNCC2)C(F)(F)F)cc1F. The second kappa shape index (κ2) is 7.85. The zero-order valence-electron chi connectivity index (χ0n) is 13.4. The van der Waals surface area contributed by atoms with Gasteiger partial charge in [0.05, 0.1) is 12.0 Å². The summed E-state index contributed by atoms with van der Waals surface area (Å²) in [5, 5.41) is 2.94. The zero-order chi connectivity index (χ0) is 18.7. The molecule has 1 aliphatic rings. The van der Waals surface area contributed by atoms with Crippen LogP contribution in [0.3, 0.4) is 0 Å². The van der Waals surface area contributed by atoms with E-state index in [4.69, 9.17) is 0 Å². The molecule has 1 saturated heterocycles. The Morgan fingerprint density at radius 1 is 1.32 bits per heavy atom. The molecule has 1 atom stereocenters. The number of ether oxygens (including phenoxy) is 1. The molecule has 1 unspecified atom stereocenters. The quantitative estimate of drug-likeness (QED) is 0.714. The lowest BCUT2D eigenvalue weighted by atomic mass is 10.2. The third-order valence-corrected chi connectivity index (χ3v) is 5.29. The molecule has 1 aromatic rings. The first-order valence-corrected chi connectivity index (χ1v) is 8.98. The predicted octanol–water partition coefficient (Wildman–Crippen LogP) is 0.949. The van der Waals surface area contributed by atoms with Gasteiger partial charge in [-0.15, -0.1) is 0 Å². The van der Waals surface area contributed by atoms with E-state index >= 15 is 0 Å². The smallest absolute Gasteiger partial charge is 0.405 e. The number of piperazine rings is 1. The van der Waals surface area contributed by atoms with Gasteiger partial charge in [-0.3, -0.25) is 4.90 Å². The molecular weight excluding hydrogens is 366 g/mol. The largest absolute Gasteiger partial charge is 0.494 e. The van der Waals surface area contributed by atoms with Crippen LogP contribution in [0, 0.1) is 5.82 Å². The third kappa shape index (κ3) is 5.03. The summed E-state index contributed by atoms with van der Waals surface area (Å²) in [6.45, 7) is 0.248. The maximum atomic E-state index is 13.6. The van der Waals surface area contributed by atoms with Crippen molar-refractivity contribution < 1.29 is 30.7 Å². The van der Waals surface area contributed by atoms with Crippen LogP contribution in [0.1, 0.15) is 0 Å². The lowest BCUT2D eigenvalue weighted by Crippen LogP contribution is -2.57. The average Bonchev–Trinajstić information content (AvgIpc) is 2.54. The van der Waals surface area contributed by atoms with Crippen molar-refractivity contribution in [2.75, 3.05) is 39.8 Å². The van der Waals surface area contributed by atoms with Gasteiger partial charge in [0.1, 0.15) is 6.04 Å². The van der Waals surface area contributed by atoms with Crippen LogP contribution < -0.4 is 14.8 Å². The molecule has 1 fully saturated rings. The Bertz CT molecular complexity index is 691. The van der Waals surface area contributed by atoms with Crippen molar-refractivity contribution in [2.24, 2.45) is 0 Å². The van der Waals surface area contributed by atoms with E-state index in [9.17, 15) is 26.0 Å². The van der Waals surface area contributed by atoms with Gasteiger partial charge < -0.3 is 10.1 Å². The number of sulfonamides is 1. The molecule has 11 heteroatoms. The summed E-state index contributed by atoms with van der Waals surface area (Å²) in [4.78, 5) is 0.709. The summed E-state index contributed by atoms with van der Waals surface area (Å²) in [5.41, 5.74) is 0. The Balaban J connectivity index is 2.14. The predicted molar refractivity (Wildman–Crippen MR) is 82.4 cm³/mol. The van der Waals surface area contributed by atoms with E-state index in [0.717, 1.165) is 12.1 Å². The van der Waals surface area contributed by atoms with Crippen LogP contribution >= 0.6 is 0 Å². The molecule has 0 spiro atoms. The Morgan fingerprint density at radius 2 is 1.96 bits per heavy atom. The molecule has 6 nitrogen and oxygen atoms in total. The van der Waals surface area contributed by atoms with Crippen molar-refractivity contribution in [3.05, 3.63) is 24.0 Å². The summed E-state index contributed by atoms with van der Waals surface area (Å²) in [6.07, 6.45) is -4.59. The second-order valence-corrected chi connectivity index (χ2v) is 7.26. The molecule has 0 amide bonds. The van der Waals surface area contributed by atoms with E-state index in [-0.39, 0.29) is 18.8 Å². The lowest BCUT2D eigenvalue weighted by Gasteiger charge is -2.35. The Kier molecular flexibility index (Phi) is 6.25. The first kappa shape index (κ1) is 19.9. The molecule has 0 radical (unpaired) electrons. The molecule has 0 saturated carbocycles. The molecule has 25 heavy (non-hydrogen) atoms. The van der Waals surface area contributed by atoms with Crippen molar-refractivity contribution >= 4 is 10.0 Å². The molecule has 0 aliphatic carbocycles. The highest BCUT2D eigenvalue weighted by Crippen LogP contribution is 2.26. The van der Waals surface area contributed by atoms with Crippen LogP contribution in [0.15, 0.2) is 23.1 Å². The number of nitrogens with one attached hydrogen (secondary N) is 2. The van der Waals surface area contributed by atoms with Crippen molar-refractivity contribution in [3.63, 3.8) is 0 Å². The van der Waals surface area contributed by atoms with E-state index in [1.165, 1.54) is 12.0 Å². The minimum atomic E-state index is -4.59. The number of methoxy groups -OCH3 is 1. The molecule has 0 aromatic heterocycles. The fourth-order valence-corrected chi connectivity index (χ4v) is 3.58. The van der Waals surface area contributed by atoms with Gasteiger partial charge in [-0.25, -0.2) is 17.5 Å². The molecule has 2 rings (SSSR count). The Morgan fingerprint density at radius 3 is 2.48 bits per heavy atom. The van der Waals surface area contributed by atoms with Gasteiger partial charge in [0.25, 0.3) is 0 Å². The monoisotopic (exact) mass is 385 g/mol. The van der Waals surface area contributed by atoms with Crippen LogP contribution in [-0.4, -0.2) is 65.4 Å². The van der Waals surface area contributed by atoms with Crippen LogP contribution in [0.25, 0.3) is 0 Å². The van der Waals surface area contributed by atoms with Crippen molar-refractivity contribution in [3.8, 4) is 5.75 Å².